The van der Waals surface area contributed by atoms with Gasteiger partial charge in [-0.3, -0.25) is 11.7 Å². The zero-order valence-electron chi connectivity index (χ0n) is 1.86. The maximum absolute atomic E-state index is 4.00. The molecule has 4 heavy (non-hydrogen) atoms. The Labute approximate surface area is 29.9 Å². The topological polar surface area (TPSA) is 87.0 Å². The molecule has 0 radical (unpaired) electrons. The normalized spacial score (nSPS) is 1.50. The summed E-state index contributed by atoms with van der Waals surface area (Å²) >= 11 is 0. The molecule has 3 nitrogen and oxygen atoms in total. The molecule has 0 amide bonds. The Kier molecular flexibility index (Phi) is 11800. The van der Waals surface area contributed by atoms with E-state index in [9.17, 15) is 0 Å². The van der Waals surface area contributed by atoms with E-state index in [2.05, 4.69) is 11.7 Å². The lowest BCUT2D eigenvalue weighted by Gasteiger charge is -1.27. The molecule has 0 aliphatic rings. The van der Waals surface area contributed by atoms with Gasteiger partial charge in [-0.15, -0.1) is 0 Å². The van der Waals surface area contributed by atoms with Crippen molar-refractivity contribution < 1.29 is 0 Å². The first kappa shape index (κ1) is 32.7. The van der Waals surface area contributed by atoms with Crippen LogP contribution in [0.2, 0.25) is 0 Å². The van der Waals surface area contributed by atoms with E-state index in [1.54, 1.807) is 0 Å². The molecular weight excluding hydrogens is 70.1 g/mol. The van der Waals surface area contributed by atoms with Crippen molar-refractivity contribution in [3.63, 3.8) is 0 Å². The highest BCUT2D eigenvalue weighted by Crippen LogP contribution is -0.0190. The molecule has 0 saturated carbocycles. The van der Waals surface area contributed by atoms with Crippen LogP contribution >= 0.6 is 0 Å². The standard InChI is InChI=1S/H4N2.H3N.H4Si/c1-2;;/h1-2H2;1H3;1H4. The zero-order chi connectivity index (χ0) is 2.00. The van der Waals surface area contributed by atoms with Crippen LogP contribution in [0.1, 0.15) is 0 Å². The molecule has 0 aliphatic heterocycles. The summed E-state index contributed by atoms with van der Waals surface area (Å²) in [6.45, 7) is 0. The minimum absolute atomic E-state index is 0. The average molecular weight is 81.2 g/mol. The minimum atomic E-state index is 0. The SMILES string of the molecule is N.NN.[SiH4]. The summed E-state index contributed by atoms with van der Waals surface area (Å²) in [5, 5.41) is 0. The molecule has 0 unspecified atom stereocenters. The highest BCUT2D eigenvalue weighted by molar-refractivity contribution is 5.75. The molecule has 0 rings (SSSR count). The van der Waals surface area contributed by atoms with Gasteiger partial charge >= 0.3 is 0 Å². The Balaban J connectivity index is -0.00000000500. The van der Waals surface area contributed by atoms with Gasteiger partial charge in [-0.1, -0.05) is 0 Å². The quantitative estimate of drug-likeness (QED) is 0.171. The smallest absolute Gasteiger partial charge is 0.0149 e. The molecule has 0 aromatic carbocycles. The molecule has 0 aromatic heterocycles. The fourth-order valence-electron chi connectivity index (χ4n) is 0. The van der Waals surface area contributed by atoms with Gasteiger partial charge < -0.3 is 6.15 Å². The van der Waals surface area contributed by atoms with Gasteiger partial charge in [-0.2, -0.15) is 0 Å². The number of hydrogen-bond donors (Lipinski definition) is 3. The van der Waals surface area contributed by atoms with Crippen molar-refractivity contribution in [1.29, 1.82) is 0 Å². The highest BCUT2D eigenvalue weighted by Gasteiger charge is 0.726. The lowest BCUT2D eigenvalue weighted by Crippen LogP contribution is -2.02. The van der Waals surface area contributed by atoms with Gasteiger partial charge in [0.05, 0.1) is 0 Å². The van der Waals surface area contributed by atoms with Gasteiger partial charge in [0.1, 0.15) is 0 Å². The van der Waals surface area contributed by atoms with Gasteiger partial charge in [-0.25, -0.2) is 0 Å². The van der Waals surface area contributed by atoms with Gasteiger partial charge in [0.15, 0.2) is 0 Å². The zero-order valence-corrected chi connectivity index (χ0v) is 1.86. The van der Waals surface area contributed by atoms with E-state index in [1.165, 1.54) is 0 Å². The number of rotatable bonds is 0. The van der Waals surface area contributed by atoms with E-state index in [4.69, 9.17) is 0 Å². The second-order valence-electron chi connectivity index (χ2n) is 0. The molecule has 0 aliphatic carbocycles. The van der Waals surface area contributed by atoms with E-state index in [1.807, 2.05) is 0 Å². The summed E-state index contributed by atoms with van der Waals surface area (Å²) in [5.41, 5.74) is 0. The van der Waals surface area contributed by atoms with Gasteiger partial charge in [-0.05, 0) is 11.0 Å². The first-order chi connectivity index (χ1) is 1.00. The maximum atomic E-state index is 4.00. The number of nitrogens with two attached hydrogens (primary N) is 2. The molecule has 0 atom stereocenters. The van der Waals surface area contributed by atoms with E-state index < -0.39 is 0 Å². The number of hydrogen-bond acceptors (Lipinski definition) is 3. The summed E-state index contributed by atoms with van der Waals surface area (Å²) in [5.74, 6) is 8.00. The van der Waals surface area contributed by atoms with E-state index in [0.717, 1.165) is 0 Å². The molecular formula is H11N3Si. The molecule has 0 spiro atoms. The Morgan fingerprint density at radius 1 is 1.00 bits per heavy atom. The second-order valence-corrected chi connectivity index (χ2v) is 0. The van der Waals surface area contributed by atoms with Crippen molar-refractivity contribution in [2.45, 2.75) is 0 Å². The Bertz CT molecular complexity index is 3.25. The first-order valence-corrected chi connectivity index (χ1v) is 0.333. The van der Waals surface area contributed by atoms with Gasteiger partial charge in [0.25, 0.3) is 0 Å². The van der Waals surface area contributed by atoms with Crippen LogP contribution in [-0.2, 0) is 0 Å². The summed E-state index contributed by atoms with van der Waals surface area (Å²) in [6, 6.07) is 0. The van der Waals surface area contributed by atoms with Crippen LogP contribution in [0.3, 0.4) is 0 Å². The lowest BCUT2D eigenvalue weighted by molar-refractivity contribution is 1.26. The van der Waals surface area contributed by atoms with Crippen molar-refractivity contribution in [3.8, 4) is 0 Å². The molecule has 0 fully saturated rings. The van der Waals surface area contributed by atoms with Crippen LogP contribution in [0.15, 0.2) is 0 Å². The third-order valence-electron chi connectivity index (χ3n) is 0. The van der Waals surface area contributed by atoms with Crippen LogP contribution in [0, 0.1) is 0 Å². The molecule has 0 aromatic rings. The lowest BCUT2D eigenvalue weighted by atomic mass is 13.0. The molecule has 4 heteroatoms. The van der Waals surface area contributed by atoms with Gasteiger partial charge in [0.2, 0.25) is 0 Å². The van der Waals surface area contributed by atoms with Crippen molar-refractivity contribution >= 4 is 11.0 Å². The first-order valence-electron chi connectivity index (χ1n) is 0.333. The third-order valence-corrected chi connectivity index (χ3v) is 0. The van der Waals surface area contributed by atoms with Crippen LogP contribution in [0.4, 0.5) is 0 Å². The van der Waals surface area contributed by atoms with Crippen LogP contribution in [-0.4, -0.2) is 11.0 Å². The Hall–Kier alpha value is 0.0969. The van der Waals surface area contributed by atoms with E-state index in [-0.39, 0.29) is 17.1 Å². The fraction of sp³-hybridized carbons (Fsp3) is 0. The maximum Gasteiger partial charge on any atom is -0.0149 e. The monoisotopic (exact) mass is 81.1 g/mol. The van der Waals surface area contributed by atoms with Crippen molar-refractivity contribution in [1.82, 2.24) is 6.15 Å². The summed E-state index contributed by atoms with van der Waals surface area (Å²) in [7, 11) is 0. The Morgan fingerprint density at radius 3 is 1.00 bits per heavy atom. The highest BCUT2D eigenvalue weighted by atomic mass is 28.1. The second kappa shape index (κ2) is 1450. The van der Waals surface area contributed by atoms with Crippen molar-refractivity contribution in [3.05, 3.63) is 0 Å². The number of hydrazine groups is 1. The summed E-state index contributed by atoms with van der Waals surface area (Å²) in [4.78, 5) is 0. The predicted octanol–water partition coefficient (Wildman–Crippen LogP) is -2.47. The Morgan fingerprint density at radius 2 is 1.00 bits per heavy atom. The largest absolute Gasteiger partial charge is 0.344 e. The van der Waals surface area contributed by atoms with Crippen molar-refractivity contribution in [2.24, 2.45) is 11.7 Å². The van der Waals surface area contributed by atoms with Crippen molar-refractivity contribution in [2.75, 3.05) is 0 Å². The third kappa shape index (κ3) is 269. The van der Waals surface area contributed by atoms with Crippen LogP contribution < -0.4 is 17.8 Å². The van der Waals surface area contributed by atoms with Gasteiger partial charge in [0, 0.05) is 0 Å². The molecule has 0 saturated heterocycles. The molecule has 0 heterocycles. The summed E-state index contributed by atoms with van der Waals surface area (Å²) in [6.07, 6.45) is 0. The molecule has 30 valence electrons. The van der Waals surface area contributed by atoms with E-state index in [0.29, 0.717) is 0 Å². The summed E-state index contributed by atoms with van der Waals surface area (Å²) < 4.78 is 0. The average Bonchev–Trinajstić information content (AvgIpc) is 1.00. The molecule has 0 bridgehead atoms. The molecule has 7 N–H and O–H groups in total. The van der Waals surface area contributed by atoms with Crippen LogP contribution in [0.25, 0.3) is 0 Å². The predicted molar refractivity (Wildman–Crippen MR) is 24.7 cm³/mol. The van der Waals surface area contributed by atoms with E-state index >= 15 is 0 Å². The minimum Gasteiger partial charge on any atom is -0.344 e. The van der Waals surface area contributed by atoms with Crippen LogP contribution in [0.5, 0.6) is 0 Å². The fourth-order valence-corrected chi connectivity index (χ4v) is 0.